The summed E-state index contributed by atoms with van der Waals surface area (Å²) < 4.78 is 40.4. The van der Waals surface area contributed by atoms with Gasteiger partial charge in [0.05, 0.1) is 5.69 Å². The fourth-order valence-electron chi connectivity index (χ4n) is 1.97. The Morgan fingerprint density at radius 3 is 2.14 bits per heavy atom. The second-order valence-corrected chi connectivity index (χ2v) is 4.95. The minimum Gasteiger partial charge on any atom is -0.209 e. The molecule has 3 aromatic rings. The molecule has 22 heavy (non-hydrogen) atoms. The van der Waals surface area contributed by atoms with Crippen LogP contribution in [-0.2, 0) is 6.18 Å². The topological polar surface area (TPSA) is 30.7 Å². The molecule has 0 fully saturated rings. The predicted molar refractivity (Wildman–Crippen MR) is 76.8 cm³/mol. The lowest BCUT2D eigenvalue weighted by Crippen LogP contribution is -2.14. The maximum atomic E-state index is 13.2. The maximum Gasteiger partial charge on any atom is 0.451 e. The molecule has 0 N–H and O–H groups in total. The van der Waals surface area contributed by atoms with Crippen LogP contribution in [0.2, 0.25) is 5.02 Å². The lowest BCUT2D eigenvalue weighted by atomic mass is 10.2. The Morgan fingerprint density at radius 2 is 1.55 bits per heavy atom. The van der Waals surface area contributed by atoms with E-state index in [1.165, 1.54) is 24.3 Å². The molecule has 0 atom stereocenters. The summed E-state index contributed by atoms with van der Waals surface area (Å²) in [6.07, 6.45) is -4.61. The first-order valence-corrected chi connectivity index (χ1v) is 6.68. The summed E-state index contributed by atoms with van der Waals surface area (Å²) in [5.41, 5.74) is 0.757. The van der Waals surface area contributed by atoms with E-state index >= 15 is 0 Å². The van der Waals surface area contributed by atoms with Gasteiger partial charge >= 0.3 is 6.18 Å². The van der Waals surface area contributed by atoms with Crippen LogP contribution in [0.4, 0.5) is 13.2 Å². The van der Waals surface area contributed by atoms with Gasteiger partial charge in [-0.15, -0.1) is 5.10 Å². The number of hydrogen-bond donors (Lipinski definition) is 0. The molecule has 0 aliphatic rings. The van der Waals surface area contributed by atoms with Crippen molar-refractivity contribution in [2.24, 2.45) is 0 Å². The first kappa shape index (κ1) is 14.6. The van der Waals surface area contributed by atoms with Crippen molar-refractivity contribution in [1.29, 1.82) is 0 Å². The Balaban J connectivity index is 2.16. The number of alkyl halides is 3. The fraction of sp³-hybridized carbons (Fsp3) is 0.0667. The first-order chi connectivity index (χ1) is 10.4. The van der Waals surface area contributed by atoms with Gasteiger partial charge in [0, 0.05) is 10.6 Å². The monoisotopic (exact) mass is 323 g/mol. The highest BCUT2D eigenvalue weighted by atomic mass is 35.5. The van der Waals surface area contributed by atoms with Gasteiger partial charge in [0.1, 0.15) is 0 Å². The zero-order valence-electron chi connectivity index (χ0n) is 11.0. The van der Waals surface area contributed by atoms with E-state index in [2.05, 4.69) is 10.1 Å². The van der Waals surface area contributed by atoms with Crippen LogP contribution in [0.15, 0.2) is 54.6 Å². The molecule has 2 aromatic carbocycles. The lowest BCUT2D eigenvalue weighted by molar-refractivity contribution is -0.146. The molecule has 7 heteroatoms. The smallest absolute Gasteiger partial charge is 0.209 e. The van der Waals surface area contributed by atoms with E-state index in [4.69, 9.17) is 11.6 Å². The molecule has 3 nitrogen and oxygen atoms in total. The SMILES string of the molecule is FC(F)(F)c1nc(-c2ccccc2)nn1-c1ccc(Cl)cc1. The van der Waals surface area contributed by atoms with Crippen molar-refractivity contribution in [2.45, 2.75) is 6.18 Å². The minimum atomic E-state index is -4.61. The van der Waals surface area contributed by atoms with Gasteiger partial charge in [0.15, 0.2) is 5.82 Å². The maximum absolute atomic E-state index is 13.2. The molecule has 0 unspecified atom stereocenters. The molecule has 0 spiro atoms. The van der Waals surface area contributed by atoms with Gasteiger partial charge in [-0.3, -0.25) is 0 Å². The Morgan fingerprint density at radius 1 is 0.909 bits per heavy atom. The Bertz CT molecular complexity index is 780. The highest BCUT2D eigenvalue weighted by molar-refractivity contribution is 6.30. The van der Waals surface area contributed by atoms with Gasteiger partial charge < -0.3 is 0 Å². The predicted octanol–water partition coefficient (Wildman–Crippen LogP) is 4.61. The van der Waals surface area contributed by atoms with Crippen LogP contribution in [0.25, 0.3) is 17.1 Å². The third-order valence-electron chi connectivity index (χ3n) is 2.96. The summed E-state index contributed by atoms with van der Waals surface area (Å²) in [5, 5.41) is 4.42. The third-order valence-corrected chi connectivity index (χ3v) is 3.22. The molecule has 1 heterocycles. The summed E-state index contributed by atoms with van der Waals surface area (Å²) in [4.78, 5) is 3.64. The molecule has 1 aromatic heterocycles. The molecule has 0 aliphatic carbocycles. The number of nitrogens with zero attached hydrogens (tertiary/aromatic N) is 3. The van der Waals surface area contributed by atoms with Crippen LogP contribution in [0.3, 0.4) is 0 Å². The average molecular weight is 324 g/mol. The van der Waals surface area contributed by atoms with E-state index in [-0.39, 0.29) is 11.5 Å². The Labute approximate surface area is 129 Å². The van der Waals surface area contributed by atoms with E-state index in [9.17, 15) is 13.2 Å². The van der Waals surface area contributed by atoms with Crippen LogP contribution in [-0.4, -0.2) is 14.8 Å². The molecule has 0 saturated heterocycles. The quantitative estimate of drug-likeness (QED) is 0.689. The second-order valence-electron chi connectivity index (χ2n) is 4.51. The zero-order valence-corrected chi connectivity index (χ0v) is 11.8. The van der Waals surface area contributed by atoms with Gasteiger partial charge in [-0.2, -0.15) is 13.2 Å². The molecule has 0 saturated carbocycles. The largest absolute Gasteiger partial charge is 0.451 e. The van der Waals surface area contributed by atoms with E-state index in [1.807, 2.05) is 0 Å². The summed E-state index contributed by atoms with van der Waals surface area (Å²) in [7, 11) is 0. The van der Waals surface area contributed by atoms with Gasteiger partial charge in [0.2, 0.25) is 5.82 Å². The molecule has 112 valence electrons. The average Bonchev–Trinajstić information content (AvgIpc) is 2.94. The lowest BCUT2D eigenvalue weighted by Gasteiger charge is -2.08. The van der Waals surface area contributed by atoms with Crippen LogP contribution in [0.1, 0.15) is 5.82 Å². The van der Waals surface area contributed by atoms with Crippen molar-refractivity contribution in [3.05, 3.63) is 65.4 Å². The number of hydrogen-bond acceptors (Lipinski definition) is 2. The highest BCUT2D eigenvalue weighted by Gasteiger charge is 2.38. The first-order valence-electron chi connectivity index (χ1n) is 6.31. The van der Waals surface area contributed by atoms with Crippen molar-refractivity contribution < 1.29 is 13.2 Å². The van der Waals surface area contributed by atoms with Crippen LogP contribution in [0.5, 0.6) is 0 Å². The molecular formula is C15H9ClF3N3. The molecule has 0 amide bonds. The standard InChI is InChI=1S/C15H9ClF3N3/c16-11-6-8-12(9-7-11)22-14(15(17,18)19)20-13(21-22)10-4-2-1-3-5-10/h1-9H. The molecule has 3 rings (SSSR count). The van der Waals surface area contributed by atoms with Gasteiger partial charge in [-0.1, -0.05) is 41.9 Å². The van der Waals surface area contributed by atoms with E-state index in [1.54, 1.807) is 30.3 Å². The van der Waals surface area contributed by atoms with Crippen LogP contribution in [0, 0.1) is 0 Å². The second kappa shape index (κ2) is 5.46. The molecular weight excluding hydrogens is 315 g/mol. The van der Waals surface area contributed by atoms with Crippen molar-refractivity contribution in [1.82, 2.24) is 14.8 Å². The summed E-state index contributed by atoms with van der Waals surface area (Å²) in [6, 6.07) is 14.4. The number of halogens is 4. The summed E-state index contributed by atoms with van der Waals surface area (Å²) in [5.74, 6) is -1.06. The Kier molecular flexibility index (Phi) is 3.62. The van der Waals surface area contributed by atoms with Crippen LogP contribution >= 0.6 is 11.6 Å². The third kappa shape index (κ3) is 2.82. The summed E-state index contributed by atoms with van der Waals surface area (Å²) in [6.45, 7) is 0. The normalized spacial score (nSPS) is 11.6. The summed E-state index contributed by atoms with van der Waals surface area (Å²) >= 11 is 5.76. The van der Waals surface area contributed by atoms with Crippen LogP contribution < -0.4 is 0 Å². The zero-order chi connectivity index (χ0) is 15.7. The van der Waals surface area contributed by atoms with Crippen molar-refractivity contribution in [3.8, 4) is 17.1 Å². The number of aromatic nitrogens is 3. The van der Waals surface area contributed by atoms with E-state index < -0.39 is 12.0 Å². The van der Waals surface area contributed by atoms with E-state index in [0.717, 1.165) is 4.68 Å². The van der Waals surface area contributed by atoms with Gasteiger partial charge in [0.25, 0.3) is 0 Å². The minimum absolute atomic E-state index is 0.0166. The Hall–Kier alpha value is -2.34. The van der Waals surface area contributed by atoms with Gasteiger partial charge in [-0.05, 0) is 24.3 Å². The number of benzene rings is 2. The number of rotatable bonds is 2. The highest BCUT2D eigenvalue weighted by Crippen LogP contribution is 2.31. The fourth-order valence-corrected chi connectivity index (χ4v) is 2.09. The van der Waals surface area contributed by atoms with Crippen molar-refractivity contribution in [3.63, 3.8) is 0 Å². The molecule has 0 bridgehead atoms. The van der Waals surface area contributed by atoms with Crippen molar-refractivity contribution in [2.75, 3.05) is 0 Å². The van der Waals surface area contributed by atoms with Gasteiger partial charge in [-0.25, -0.2) is 9.67 Å². The molecule has 0 aliphatic heterocycles. The van der Waals surface area contributed by atoms with Crippen molar-refractivity contribution >= 4 is 11.6 Å². The van der Waals surface area contributed by atoms with E-state index in [0.29, 0.717) is 10.6 Å². The molecule has 0 radical (unpaired) electrons.